The van der Waals surface area contributed by atoms with Gasteiger partial charge in [-0.15, -0.1) is 5.69 Å². The molecule has 0 fully saturated rings. The molecule has 1 aliphatic heterocycles. The number of nitrogens with one attached hydrogen (secondary N) is 1. The molecule has 1 unspecified atom stereocenters. The van der Waals surface area contributed by atoms with E-state index in [0.29, 0.717) is 28.6 Å². The second-order valence-corrected chi connectivity index (χ2v) is 5.37. The minimum atomic E-state index is -2.92. The first-order valence-corrected chi connectivity index (χ1v) is 7.66. The Bertz CT molecular complexity index is 823. The van der Waals surface area contributed by atoms with E-state index < -0.39 is 12.8 Å². The molecule has 2 heterocycles. The standard InChI is InChI=1S/C17H16F2N3O4.Na/c1-24-14-5-6-20-12(15(14)25-2)8-13(23)16-21-10-4-3-9(26-17(18)19)7-11(10)22-16;/h3-7,16-17,22H,8H2,1-2H3;/q-1;+1. The zero-order valence-corrected chi connectivity index (χ0v) is 17.0. The predicted octanol–water partition coefficient (Wildman–Crippen LogP) is 0.273. The van der Waals surface area contributed by atoms with Crippen LogP contribution in [0.5, 0.6) is 17.2 Å². The molecule has 7 nitrogen and oxygen atoms in total. The van der Waals surface area contributed by atoms with Gasteiger partial charge in [0.15, 0.2) is 11.5 Å². The van der Waals surface area contributed by atoms with Crippen LogP contribution >= 0.6 is 0 Å². The van der Waals surface area contributed by atoms with Crippen LogP contribution in [-0.2, 0) is 11.2 Å². The first-order chi connectivity index (χ1) is 12.5. The van der Waals surface area contributed by atoms with E-state index in [2.05, 4.69) is 20.4 Å². The number of fused-ring (bicyclic) bond motifs is 1. The van der Waals surface area contributed by atoms with Gasteiger partial charge < -0.3 is 24.8 Å². The molecule has 138 valence electrons. The smallest absolute Gasteiger partial charge is 0.658 e. The molecule has 1 aliphatic rings. The van der Waals surface area contributed by atoms with E-state index in [4.69, 9.17) is 9.47 Å². The average molecular weight is 387 g/mol. The monoisotopic (exact) mass is 387 g/mol. The van der Waals surface area contributed by atoms with Crippen LogP contribution in [0.1, 0.15) is 5.69 Å². The first kappa shape index (κ1) is 21.2. The number of Topliss-reactive ketones (excluding diaryl/α,β-unsaturated/α-hetero) is 1. The Morgan fingerprint density at radius 3 is 2.74 bits per heavy atom. The normalized spacial score (nSPS) is 14.5. The van der Waals surface area contributed by atoms with Gasteiger partial charge >= 0.3 is 36.2 Å². The summed E-state index contributed by atoms with van der Waals surface area (Å²) in [5.41, 5.74) is 1.37. The Hall–Kier alpha value is -2.10. The van der Waals surface area contributed by atoms with E-state index in [1.54, 1.807) is 6.07 Å². The molecule has 3 rings (SSSR count). The van der Waals surface area contributed by atoms with Gasteiger partial charge in [0.1, 0.15) is 11.5 Å². The van der Waals surface area contributed by atoms with Crippen molar-refractivity contribution in [3.8, 4) is 17.2 Å². The number of carbonyl (C=O) groups excluding carboxylic acids is 1. The van der Waals surface area contributed by atoms with Gasteiger partial charge in [0.05, 0.1) is 26.3 Å². The average Bonchev–Trinajstić information content (AvgIpc) is 3.04. The second kappa shape index (κ2) is 9.20. The zero-order valence-electron chi connectivity index (χ0n) is 15.0. The van der Waals surface area contributed by atoms with Gasteiger partial charge in [-0.1, -0.05) is 6.07 Å². The van der Waals surface area contributed by atoms with Gasteiger partial charge in [0.25, 0.3) is 0 Å². The summed E-state index contributed by atoms with van der Waals surface area (Å²) < 4.78 is 39.4. The molecule has 0 radical (unpaired) electrons. The van der Waals surface area contributed by atoms with Gasteiger partial charge in [-0.2, -0.15) is 8.78 Å². The first-order valence-electron chi connectivity index (χ1n) is 7.66. The van der Waals surface area contributed by atoms with Crippen LogP contribution in [0, 0.1) is 0 Å². The number of benzene rings is 1. The van der Waals surface area contributed by atoms with Crippen molar-refractivity contribution in [3.63, 3.8) is 0 Å². The molecule has 10 heteroatoms. The van der Waals surface area contributed by atoms with Crippen molar-refractivity contribution in [2.24, 2.45) is 0 Å². The SMILES string of the molecule is COc1ccnc(CC(=O)C2[N-]c3ccc(OC(F)F)cc3N2)c1OC.[Na+]. The van der Waals surface area contributed by atoms with Gasteiger partial charge in [-0.05, 0) is 6.07 Å². The summed E-state index contributed by atoms with van der Waals surface area (Å²) in [5, 5.41) is 7.16. The summed E-state index contributed by atoms with van der Waals surface area (Å²) in [5.74, 6) is 0.590. The van der Waals surface area contributed by atoms with Crippen molar-refractivity contribution < 1.29 is 57.3 Å². The third kappa shape index (κ3) is 4.79. The number of hydrogen-bond donors (Lipinski definition) is 1. The molecule has 27 heavy (non-hydrogen) atoms. The number of pyridine rings is 1. The molecular weight excluding hydrogens is 371 g/mol. The van der Waals surface area contributed by atoms with Gasteiger partial charge in [0, 0.05) is 30.2 Å². The summed E-state index contributed by atoms with van der Waals surface area (Å²) in [6, 6.07) is 5.89. The second-order valence-electron chi connectivity index (χ2n) is 5.37. The fraction of sp³-hybridized carbons (Fsp3) is 0.294. The van der Waals surface area contributed by atoms with Crippen LogP contribution in [0.25, 0.3) is 5.32 Å². The van der Waals surface area contributed by atoms with Gasteiger partial charge in [0.2, 0.25) is 0 Å². The molecular formula is C17H16F2N3NaO4. The van der Waals surface area contributed by atoms with E-state index >= 15 is 0 Å². The molecule has 1 aromatic carbocycles. The Kier molecular flexibility index (Phi) is 7.23. The molecule has 0 saturated heterocycles. The Labute approximate surface area is 176 Å². The summed E-state index contributed by atoms with van der Waals surface area (Å²) in [7, 11) is 2.96. The van der Waals surface area contributed by atoms with E-state index in [1.165, 1.54) is 38.6 Å². The minimum Gasteiger partial charge on any atom is -0.658 e. The number of anilines is 1. The summed E-state index contributed by atoms with van der Waals surface area (Å²) in [4.78, 5) is 16.7. The van der Waals surface area contributed by atoms with Crippen LogP contribution in [0.3, 0.4) is 0 Å². The van der Waals surface area contributed by atoms with Crippen molar-refractivity contribution in [1.82, 2.24) is 4.98 Å². The van der Waals surface area contributed by atoms with Crippen LogP contribution in [0.15, 0.2) is 30.5 Å². The summed E-state index contributed by atoms with van der Waals surface area (Å²) in [6.07, 6.45) is 0.645. The maximum atomic E-state index is 12.6. The maximum Gasteiger partial charge on any atom is 1.00 e. The molecule has 1 atom stereocenters. The number of carbonyl (C=O) groups is 1. The quantitative estimate of drug-likeness (QED) is 0.687. The van der Waals surface area contributed by atoms with E-state index in [-0.39, 0.29) is 47.5 Å². The van der Waals surface area contributed by atoms with Crippen molar-refractivity contribution in [2.45, 2.75) is 19.2 Å². The van der Waals surface area contributed by atoms with Crippen molar-refractivity contribution in [2.75, 3.05) is 19.5 Å². The number of nitrogens with zero attached hydrogens (tertiary/aromatic N) is 2. The molecule has 0 bridgehead atoms. The van der Waals surface area contributed by atoms with Crippen LogP contribution in [0.2, 0.25) is 0 Å². The molecule has 0 amide bonds. The predicted molar refractivity (Wildman–Crippen MR) is 89.6 cm³/mol. The number of aromatic nitrogens is 1. The Morgan fingerprint density at radius 1 is 1.30 bits per heavy atom. The molecule has 0 saturated carbocycles. The molecule has 1 N–H and O–H groups in total. The van der Waals surface area contributed by atoms with Crippen LogP contribution < -0.4 is 49.1 Å². The molecule has 0 spiro atoms. The number of rotatable bonds is 7. The summed E-state index contributed by atoms with van der Waals surface area (Å²) in [6.45, 7) is -2.92. The molecule has 1 aromatic heterocycles. The van der Waals surface area contributed by atoms with Crippen molar-refractivity contribution in [3.05, 3.63) is 41.5 Å². The zero-order chi connectivity index (χ0) is 18.7. The Morgan fingerprint density at radius 2 is 2.07 bits per heavy atom. The van der Waals surface area contributed by atoms with E-state index in [0.717, 1.165) is 0 Å². The van der Waals surface area contributed by atoms with E-state index in [9.17, 15) is 13.6 Å². The number of alkyl halides is 2. The minimum absolute atomic E-state index is 0. The topological polar surface area (TPSA) is 83.8 Å². The van der Waals surface area contributed by atoms with Gasteiger partial charge in [-0.3, -0.25) is 9.78 Å². The third-order valence-corrected chi connectivity index (χ3v) is 3.77. The van der Waals surface area contributed by atoms with Crippen molar-refractivity contribution >= 4 is 17.2 Å². The van der Waals surface area contributed by atoms with Gasteiger partial charge in [-0.25, -0.2) is 0 Å². The number of methoxy groups -OCH3 is 2. The maximum absolute atomic E-state index is 12.6. The fourth-order valence-corrected chi connectivity index (χ4v) is 2.63. The largest absolute Gasteiger partial charge is 1.00 e. The third-order valence-electron chi connectivity index (χ3n) is 3.77. The number of hydrogen-bond acceptors (Lipinski definition) is 6. The fourth-order valence-electron chi connectivity index (χ4n) is 2.63. The van der Waals surface area contributed by atoms with Crippen LogP contribution in [0.4, 0.5) is 20.2 Å². The Balaban J connectivity index is 0.00000261. The number of ketones is 1. The van der Waals surface area contributed by atoms with Crippen LogP contribution in [-0.4, -0.2) is 37.8 Å². The van der Waals surface area contributed by atoms with Crippen molar-refractivity contribution in [1.29, 1.82) is 0 Å². The van der Waals surface area contributed by atoms with E-state index in [1.807, 2.05) is 0 Å². The molecule has 2 aromatic rings. The number of ether oxygens (including phenoxy) is 3. The molecule has 0 aliphatic carbocycles. The summed E-state index contributed by atoms with van der Waals surface area (Å²) >= 11 is 0. The number of halogens is 2.